The third-order valence-electron chi connectivity index (χ3n) is 5.34. The zero-order valence-corrected chi connectivity index (χ0v) is 15.6. The van der Waals surface area contributed by atoms with Gasteiger partial charge in [0.15, 0.2) is 0 Å². The predicted octanol–water partition coefficient (Wildman–Crippen LogP) is 4.63. The Hall–Kier alpha value is -2.13. The highest BCUT2D eigenvalue weighted by Crippen LogP contribution is 2.26. The van der Waals surface area contributed by atoms with E-state index in [0.29, 0.717) is 12.6 Å². The molecule has 0 radical (unpaired) electrons. The number of rotatable bonds is 5. The number of esters is 1. The van der Waals surface area contributed by atoms with Crippen molar-refractivity contribution in [2.24, 2.45) is 0 Å². The van der Waals surface area contributed by atoms with Crippen molar-refractivity contribution >= 4 is 5.97 Å². The van der Waals surface area contributed by atoms with Gasteiger partial charge in [-0.15, -0.1) is 0 Å². The van der Waals surface area contributed by atoms with Crippen LogP contribution in [0.2, 0.25) is 0 Å². The highest BCUT2D eigenvalue weighted by atomic mass is 16.5. The van der Waals surface area contributed by atoms with Crippen LogP contribution in [-0.4, -0.2) is 37.1 Å². The van der Waals surface area contributed by atoms with E-state index in [9.17, 15) is 4.79 Å². The molecule has 0 aromatic heterocycles. The summed E-state index contributed by atoms with van der Waals surface area (Å²) in [6.07, 6.45) is 6.14. The Labute approximate surface area is 157 Å². The smallest absolute Gasteiger partial charge is 0.317 e. The second-order valence-corrected chi connectivity index (χ2v) is 7.22. The van der Waals surface area contributed by atoms with Crippen LogP contribution in [0, 0.1) is 0 Å². The molecule has 0 bridgehead atoms. The van der Waals surface area contributed by atoms with Crippen molar-refractivity contribution in [2.45, 2.75) is 44.1 Å². The van der Waals surface area contributed by atoms with E-state index in [2.05, 4.69) is 11.9 Å². The van der Waals surface area contributed by atoms with Crippen LogP contribution >= 0.6 is 0 Å². The number of ether oxygens (including phenoxy) is 1. The van der Waals surface area contributed by atoms with Crippen molar-refractivity contribution in [1.29, 1.82) is 0 Å². The van der Waals surface area contributed by atoms with E-state index in [0.717, 1.165) is 24.1 Å². The topological polar surface area (TPSA) is 29.5 Å². The van der Waals surface area contributed by atoms with E-state index in [1.54, 1.807) is 0 Å². The molecule has 2 aromatic rings. The second kappa shape index (κ2) is 9.54. The van der Waals surface area contributed by atoms with Gasteiger partial charge < -0.3 is 9.64 Å². The molecular weight excluding hydrogens is 322 g/mol. The first-order valence-electron chi connectivity index (χ1n) is 9.72. The number of carbonyl (C=O) groups is 1. The lowest BCUT2D eigenvalue weighted by molar-refractivity contribution is -0.146. The van der Waals surface area contributed by atoms with Gasteiger partial charge in [-0.3, -0.25) is 4.79 Å². The standard InChI is InChI=1S/C23H29NO2/c1-24-17-11-3-2-10-16-21(24)18-26-23(25)22(19-12-6-4-7-13-19)20-14-8-5-9-15-20/h4-9,12-15,21-22H,2-3,10-11,16-18H2,1H3. The van der Waals surface area contributed by atoms with Crippen LogP contribution in [0.3, 0.4) is 0 Å². The highest BCUT2D eigenvalue weighted by molar-refractivity contribution is 5.82. The molecule has 138 valence electrons. The van der Waals surface area contributed by atoms with Crippen molar-refractivity contribution in [3.63, 3.8) is 0 Å². The summed E-state index contributed by atoms with van der Waals surface area (Å²) in [6, 6.07) is 20.2. The van der Waals surface area contributed by atoms with Crippen molar-refractivity contribution in [3.05, 3.63) is 71.8 Å². The number of nitrogens with zero attached hydrogens (tertiary/aromatic N) is 1. The SMILES string of the molecule is CN1CCCCCCC1COC(=O)C(c1ccccc1)c1ccccc1. The molecule has 1 heterocycles. The fourth-order valence-electron chi connectivity index (χ4n) is 3.73. The second-order valence-electron chi connectivity index (χ2n) is 7.22. The zero-order valence-electron chi connectivity index (χ0n) is 15.6. The number of hydrogen-bond donors (Lipinski definition) is 0. The number of carbonyl (C=O) groups excluding carboxylic acids is 1. The maximum atomic E-state index is 13.0. The van der Waals surface area contributed by atoms with Gasteiger partial charge in [-0.05, 0) is 37.6 Å². The summed E-state index contributed by atoms with van der Waals surface area (Å²) < 4.78 is 5.84. The van der Waals surface area contributed by atoms with E-state index in [-0.39, 0.29) is 11.9 Å². The molecule has 1 aliphatic heterocycles. The summed E-state index contributed by atoms with van der Waals surface area (Å²) >= 11 is 0. The molecule has 1 aliphatic rings. The molecule has 2 aromatic carbocycles. The van der Waals surface area contributed by atoms with Gasteiger partial charge in [0.2, 0.25) is 0 Å². The monoisotopic (exact) mass is 351 g/mol. The Morgan fingerprint density at radius 2 is 1.54 bits per heavy atom. The Balaban J connectivity index is 1.71. The molecule has 3 rings (SSSR count). The molecule has 0 aliphatic carbocycles. The summed E-state index contributed by atoms with van der Waals surface area (Å²) in [5.41, 5.74) is 1.96. The van der Waals surface area contributed by atoms with Crippen LogP contribution in [0.4, 0.5) is 0 Å². The van der Waals surface area contributed by atoms with E-state index >= 15 is 0 Å². The average Bonchev–Trinajstić information content (AvgIpc) is 2.66. The van der Waals surface area contributed by atoms with E-state index in [4.69, 9.17) is 4.74 Å². The number of benzene rings is 2. The summed E-state index contributed by atoms with van der Waals surface area (Å²) in [5, 5.41) is 0. The zero-order chi connectivity index (χ0) is 18.2. The fourth-order valence-corrected chi connectivity index (χ4v) is 3.73. The largest absolute Gasteiger partial charge is 0.463 e. The van der Waals surface area contributed by atoms with E-state index < -0.39 is 0 Å². The molecule has 0 saturated carbocycles. The number of likely N-dealkylation sites (tertiary alicyclic amines) is 1. The van der Waals surface area contributed by atoms with Crippen molar-refractivity contribution in [3.8, 4) is 0 Å². The third-order valence-corrected chi connectivity index (χ3v) is 5.34. The lowest BCUT2D eigenvalue weighted by Gasteiger charge is -2.30. The Kier molecular flexibility index (Phi) is 6.84. The molecule has 3 nitrogen and oxygen atoms in total. The minimum atomic E-state index is -0.365. The maximum Gasteiger partial charge on any atom is 0.317 e. The van der Waals surface area contributed by atoms with Gasteiger partial charge in [0.1, 0.15) is 12.5 Å². The minimum absolute atomic E-state index is 0.155. The molecule has 1 fully saturated rings. The lowest BCUT2D eigenvalue weighted by atomic mass is 9.91. The first-order chi connectivity index (χ1) is 12.8. The quantitative estimate of drug-likeness (QED) is 0.736. The molecule has 0 amide bonds. The van der Waals surface area contributed by atoms with Crippen LogP contribution in [0.1, 0.15) is 49.1 Å². The lowest BCUT2D eigenvalue weighted by Crippen LogP contribution is -2.38. The predicted molar refractivity (Wildman–Crippen MR) is 105 cm³/mol. The number of hydrogen-bond acceptors (Lipinski definition) is 3. The molecule has 0 spiro atoms. The summed E-state index contributed by atoms with van der Waals surface area (Å²) in [6.45, 7) is 1.56. The van der Waals surface area contributed by atoms with Gasteiger partial charge in [-0.2, -0.15) is 0 Å². The summed E-state index contributed by atoms with van der Waals surface area (Å²) in [7, 11) is 2.15. The molecule has 1 unspecified atom stereocenters. The Bertz CT molecular complexity index is 632. The van der Waals surface area contributed by atoms with Crippen LogP contribution in [0.15, 0.2) is 60.7 Å². The van der Waals surface area contributed by atoms with Gasteiger partial charge in [0.05, 0.1) is 0 Å². The van der Waals surface area contributed by atoms with Crippen LogP contribution in [0.5, 0.6) is 0 Å². The van der Waals surface area contributed by atoms with Crippen LogP contribution in [0.25, 0.3) is 0 Å². The van der Waals surface area contributed by atoms with E-state index in [1.165, 1.54) is 25.7 Å². The molecule has 1 atom stereocenters. The molecule has 1 saturated heterocycles. The van der Waals surface area contributed by atoms with Crippen LogP contribution in [-0.2, 0) is 9.53 Å². The summed E-state index contributed by atoms with van der Waals surface area (Å²) in [5.74, 6) is -0.519. The Morgan fingerprint density at radius 3 is 2.15 bits per heavy atom. The Morgan fingerprint density at radius 1 is 0.962 bits per heavy atom. The third kappa shape index (κ3) is 4.95. The number of likely N-dealkylation sites (N-methyl/N-ethyl adjacent to an activating group) is 1. The normalized spacial score (nSPS) is 18.9. The average molecular weight is 351 g/mol. The van der Waals surface area contributed by atoms with Crippen LogP contribution < -0.4 is 0 Å². The molecule has 0 N–H and O–H groups in total. The van der Waals surface area contributed by atoms with Crippen molar-refractivity contribution in [2.75, 3.05) is 20.2 Å². The van der Waals surface area contributed by atoms with Crippen molar-refractivity contribution in [1.82, 2.24) is 4.90 Å². The van der Waals surface area contributed by atoms with Gasteiger partial charge in [0.25, 0.3) is 0 Å². The fraction of sp³-hybridized carbons (Fsp3) is 0.435. The molecule has 26 heavy (non-hydrogen) atoms. The highest BCUT2D eigenvalue weighted by Gasteiger charge is 2.26. The van der Waals surface area contributed by atoms with Gasteiger partial charge in [0, 0.05) is 6.04 Å². The van der Waals surface area contributed by atoms with Gasteiger partial charge >= 0.3 is 5.97 Å². The first-order valence-corrected chi connectivity index (χ1v) is 9.72. The van der Waals surface area contributed by atoms with E-state index in [1.807, 2.05) is 60.7 Å². The van der Waals surface area contributed by atoms with Gasteiger partial charge in [-0.1, -0.05) is 79.9 Å². The maximum absolute atomic E-state index is 13.0. The minimum Gasteiger partial charge on any atom is -0.463 e. The molecule has 3 heteroatoms. The van der Waals surface area contributed by atoms with Crippen molar-refractivity contribution < 1.29 is 9.53 Å². The molecular formula is C23H29NO2. The summed E-state index contributed by atoms with van der Waals surface area (Å²) in [4.78, 5) is 15.4. The van der Waals surface area contributed by atoms with Gasteiger partial charge in [-0.25, -0.2) is 0 Å². The first kappa shape index (κ1) is 18.7.